The minimum absolute atomic E-state index is 0.288. The molecule has 0 aliphatic heterocycles. The van der Waals surface area contributed by atoms with Crippen LogP contribution in [0, 0.1) is 5.41 Å². The molecule has 1 aromatic heterocycles. The summed E-state index contributed by atoms with van der Waals surface area (Å²) < 4.78 is 1.93. The van der Waals surface area contributed by atoms with Gasteiger partial charge < -0.3 is 5.73 Å². The summed E-state index contributed by atoms with van der Waals surface area (Å²) in [7, 11) is 1.98. The second-order valence-corrected chi connectivity index (χ2v) is 4.74. The van der Waals surface area contributed by atoms with E-state index in [0.29, 0.717) is 6.42 Å². The zero-order valence-corrected chi connectivity index (χ0v) is 10.4. The molecule has 0 aromatic carbocycles. The lowest BCUT2D eigenvalue weighted by molar-refractivity contribution is 0.272. The van der Waals surface area contributed by atoms with E-state index in [0.717, 1.165) is 25.6 Å². The predicted octanol–water partition coefficient (Wildman–Crippen LogP) is 0.753. The second kappa shape index (κ2) is 5.31. The number of nitrogens with zero attached hydrogens (tertiary/aromatic N) is 3. The second-order valence-electron chi connectivity index (χ2n) is 4.74. The molecule has 3 N–H and O–H groups in total. The van der Waals surface area contributed by atoms with Gasteiger partial charge in [-0.1, -0.05) is 0 Å². The molecule has 5 nitrogen and oxygen atoms in total. The molecule has 0 unspecified atom stereocenters. The Morgan fingerprint density at radius 3 is 2.88 bits per heavy atom. The van der Waals surface area contributed by atoms with Crippen molar-refractivity contribution in [1.29, 1.82) is 5.41 Å². The van der Waals surface area contributed by atoms with Crippen molar-refractivity contribution in [3.63, 3.8) is 0 Å². The van der Waals surface area contributed by atoms with Crippen LogP contribution in [0.3, 0.4) is 0 Å². The Hall–Kier alpha value is -1.36. The van der Waals surface area contributed by atoms with Crippen LogP contribution in [0.1, 0.15) is 25.0 Å². The van der Waals surface area contributed by atoms with Crippen molar-refractivity contribution in [2.45, 2.75) is 31.7 Å². The van der Waals surface area contributed by atoms with E-state index >= 15 is 0 Å². The molecule has 17 heavy (non-hydrogen) atoms. The highest BCUT2D eigenvalue weighted by atomic mass is 15.3. The Labute approximate surface area is 102 Å². The van der Waals surface area contributed by atoms with Crippen LogP contribution in [0.4, 0.5) is 0 Å². The van der Waals surface area contributed by atoms with Crippen molar-refractivity contribution in [3.05, 3.63) is 18.0 Å². The number of aryl methyl sites for hydroxylation is 1. The maximum absolute atomic E-state index is 7.29. The first kappa shape index (κ1) is 12.1. The predicted molar refractivity (Wildman–Crippen MR) is 68.0 cm³/mol. The number of amidine groups is 1. The van der Waals surface area contributed by atoms with E-state index in [1.165, 1.54) is 18.5 Å². The van der Waals surface area contributed by atoms with Crippen molar-refractivity contribution in [2.75, 3.05) is 13.1 Å². The summed E-state index contributed by atoms with van der Waals surface area (Å²) in [6.07, 6.45) is 6.13. The van der Waals surface area contributed by atoms with E-state index in [-0.39, 0.29) is 5.84 Å². The maximum Gasteiger partial charge on any atom is 0.0918 e. The fourth-order valence-corrected chi connectivity index (χ4v) is 2.09. The van der Waals surface area contributed by atoms with Crippen LogP contribution in [0.15, 0.2) is 12.3 Å². The highest BCUT2D eigenvalue weighted by molar-refractivity contribution is 5.76. The molecule has 1 fully saturated rings. The third kappa shape index (κ3) is 3.56. The summed E-state index contributed by atoms with van der Waals surface area (Å²) >= 11 is 0. The molecule has 2 rings (SSSR count). The average molecular weight is 235 g/mol. The van der Waals surface area contributed by atoms with Crippen molar-refractivity contribution in [2.24, 2.45) is 12.8 Å². The Morgan fingerprint density at radius 1 is 1.59 bits per heavy atom. The first-order valence-electron chi connectivity index (χ1n) is 6.20. The standard InChI is InChI=1S/C12H21N5/c1-16-10(4-7-15-16)5-8-17(11-2-3-11)9-6-12(13)14/h4,7,11H,2-3,5-6,8-9H2,1H3,(H3,13,14). The van der Waals surface area contributed by atoms with Crippen LogP contribution in [0.2, 0.25) is 0 Å². The first-order chi connectivity index (χ1) is 8.16. The Bertz CT molecular complexity index is 380. The molecule has 0 saturated heterocycles. The monoisotopic (exact) mass is 235 g/mol. The lowest BCUT2D eigenvalue weighted by Crippen LogP contribution is -2.32. The third-order valence-electron chi connectivity index (χ3n) is 3.31. The zero-order valence-electron chi connectivity index (χ0n) is 10.4. The summed E-state index contributed by atoms with van der Waals surface area (Å²) in [5.74, 6) is 0.288. The van der Waals surface area contributed by atoms with Crippen LogP contribution in [-0.4, -0.2) is 39.6 Å². The van der Waals surface area contributed by atoms with Crippen LogP contribution >= 0.6 is 0 Å². The van der Waals surface area contributed by atoms with E-state index in [4.69, 9.17) is 11.1 Å². The molecule has 1 aliphatic rings. The van der Waals surface area contributed by atoms with Crippen LogP contribution in [0.5, 0.6) is 0 Å². The minimum Gasteiger partial charge on any atom is -0.388 e. The lowest BCUT2D eigenvalue weighted by Gasteiger charge is -2.21. The molecular formula is C12H21N5. The first-order valence-corrected chi connectivity index (χ1v) is 6.20. The van der Waals surface area contributed by atoms with Crippen LogP contribution in [-0.2, 0) is 13.5 Å². The number of hydrogen-bond donors (Lipinski definition) is 2. The van der Waals surface area contributed by atoms with Gasteiger partial charge >= 0.3 is 0 Å². The van der Waals surface area contributed by atoms with Gasteiger partial charge in [-0.2, -0.15) is 5.10 Å². The fourth-order valence-electron chi connectivity index (χ4n) is 2.09. The van der Waals surface area contributed by atoms with E-state index in [1.807, 2.05) is 17.9 Å². The number of rotatable bonds is 7. The highest BCUT2D eigenvalue weighted by Crippen LogP contribution is 2.26. The molecule has 1 aromatic rings. The topological polar surface area (TPSA) is 70.9 Å². The van der Waals surface area contributed by atoms with E-state index in [2.05, 4.69) is 16.1 Å². The van der Waals surface area contributed by atoms with E-state index in [1.54, 1.807) is 0 Å². The van der Waals surface area contributed by atoms with Crippen LogP contribution in [0.25, 0.3) is 0 Å². The van der Waals surface area contributed by atoms with Gasteiger partial charge in [-0.05, 0) is 18.9 Å². The molecule has 1 aliphatic carbocycles. The number of nitrogens with one attached hydrogen (secondary N) is 1. The zero-order chi connectivity index (χ0) is 12.3. The summed E-state index contributed by atoms with van der Waals surface area (Å²) in [5.41, 5.74) is 6.68. The smallest absolute Gasteiger partial charge is 0.0918 e. The highest BCUT2D eigenvalue weighted by Gasteiger charge is 2.28. The molecule has 0 spiro atoms. The normalized spacial score (nSPS) is 15.4. The molecule has 1 saturated carbocycles. The third-order valence-corrected chi connectivity index (χ3v) is 3.31. The summed E-state index contributed by atoms with van der Waals surface area (Å²) in [5, 5.41) is 11.5. The molecule has 0 amide bonds. The van der Waals surface area contributed by atoms with Gasteiger partial charge in [0, 0.05) is 50.9 Å². The quantitative estimate of drug-likeness (QED) is 0.541. The number of nitrogens with two attached hydrogens (primary N) is 1. The molecule has 0 radical (unpaired) electrons. The van der Waals surface area contributed by atoms with Crippen molar-refractivity contribution in [1.82, 2.24) is 14.7 Å². The SMILES string of the molecule is Cn1nccc1CCN(CCC(=N)N)C1CC1. The number of aromatic nitrogens is 2. The van der Waals surface area contributed by atoms with Gasteiger partial charge in [-0.15, -0.1) is 0 Å². The van der Waals surface area contributed by atoms with E-state index in [9.17, 15) is 0 Å². The van der Waals surface area contributed by atoms with Gasteiger partial charge in [0.2, 0.25) is 0 Å². The molecular weight excluding hydrogens is 214 g/mol. The largest absolute Gasteiger partial charge is 0.388 e. The van der Waals surface area contributed by atoms with Gasteiger partial charge in [0.05, 0.1) is 5.84 Å². The molecule has 94 valence electrons. The number of hydrogen-bond acceptors (Lipinski definition) is 3. The minimum atomic E-state index is 0.288. The van der Waals surface area contributed by atoms with Gasteiger partial charge in [0.1, 0.15) is 0 Å². The fraction of sp³-hybridized carbons (Fsp3) is 0.667. The van der Waals surface area contributed by atoms with E-state index < -0.39 is 0 Å². The lowest BCUT2D eigenvalue weighted by atomic mass is 10.2. The van der Waals surface area contributed by atoms with Crippen molar-refractivity contribution in [3.8, 4) is 0 Å². The van der Waals surface area contributed by atoms with Crippen molar-refractivity contribution < 1.29 is 0 Å². The summed E-state index contributed by atoms with van der Waals surface area (Å²) in [4.78, 5) is 2.45. The average Bonchev–Trinajstić information content (AvgIpc) is 3.03. The van der Waals surface area contributed by atoms with Crippen molar-refractivity contribution >= 4 is 5.84 Å². The Balaban J connectivity index is 1.81. The maximum atomic E-state index is 7.29. The van der Waals surface area contributed by atoms with Gasteiger partial charge in [0.25, 0.3) is 0 Å². The van der Waals surface area contributed by atoms with Gasteiger partial charge in [-0.25, -0.2) is 0 Å². The van der Waals surface area contributed by atoms with Gasteiger partial charge in [-0.3, -0.25) is 15.0 Å². The Morgan fingerprint density at radius 2 is 2.35 bits per heavy atom. The molecule has 0 atom stereocenters. The molecule has 1 heterocycles. The Kier molecular flexibility index (Phi) is 3.78. The molecule has 5 heteroatoms. The van der Waals surface area contributed by atoms with Gasteiger partial charge in [0.15, 0.2) is 0 Å². The van der Waals surface area contributed by atoms with Crippen LogP contribution < -0.4 is 5.73 Å². The summed E-state index contributed by atoms with van der Waals surface area (Å²) in [6.45, 7) is 1.95. The summed E-state index contributed by atoms with van der Waals surface area (Å²) in [6, 6.07) is 2.79. The molecule has 0 bridgehead atoms.